The smallest absolute Gasteiger partial charge is 0.328 e. The van der Waals surface area contributed by atoms with Gasteiger partial charge in [0, 0.05) is 17.4 Å². The fourth-order valence-corrected chi connectivity index (χ4v) is 1.36. The molecule has 0 aliphatic heterocycles. The number of ether oxygens (including phenoxy) is 1. The maximum atomic E-state index is 11.6. The zero-order valence-electron chi connectivity index (χ0n) is 10.6. The highest BCUT2D eigenvalue weighted by atomic mass is 16.5. The molecule has 8 heteroatoms. The van der Waals surface area contributed by atoms with Gasteiger partial charge in [-0.3, -0.25) is 4.79 Å². The van der Waals surface area contributed by atoms with Gasteiger partial charge in [-0.15, -0.1) is 0 Å². The average Bonchev–Trinajstić information content (AvgIpc) is 2.33. The van der Waals surface area contributed by atoms with Crippen molar-refractivity contribution in [2.24, 2.45) is 10.8 Å². The Kier molecular flexibility index (Phi) is 8.34. The molecule has 18 heavy (non-hydrogen) atoms. The minimum atomic E-state index is -0.704. The molecule has 0 aromatic heterocycles. The molecule has 0 bridgehead atoms. The number of nitrogens with one attached hydrogen (secondary N) is 1. The van der Waals surface area contributed by atoms with Gasteiger partial charge in [-0.2, -0.15) is 0 Å². The van der Waals surface area contributed by atoms with E-state index in [2.05, 4.69) is 20.1 Å². The predicted molar refractivity (Wildman–Crippen MR) is 65.5 cm³/mol. The van der Waals surface area contributed by atoms with E-state index in [1.165, 1.54) is 7.11 Å². The highest BCUT2D eigenvalue weighted by Gasteiger charge is 2.21. The zero-order valence-corrected chi connectivity index (χ0v) is 10.6. The molecule has 0 spiro atoms. The number of carbonyl (C=O) groups excluding carboxylic acids is 2. The van der Waals surface area contributed by atoms with E-state index < -0.39 is 18.1 Å². The molecule has 0 aliphatic rings. The molecular formula is C10H19N5O3. The summed E-state index contributed by atoms with van der Waals surface area (Å²) in [6, 6.07) is -1.16. The Balaban J connectivity index is 4.33. The molecule has 0 aromatic rings. The second-order valence-electron chi connectivity index (χ2n) is 3.83. The molecule has 0 fully saturated rings. The van der Waals surface area contributed by atoms with Gasteiger partial charge in [0.15, 0.2) is 0 Å². The fourth-order valence-electron chi connectivity index (χ4n) is 1.36. The average molecular weight is 257 g/mol. The SMILES string of the molecule is COC(=O)[C@H](CCCN)NC(=O)CC(C)N=[N+]=[N-]. The number of hydrogen-bond donors (Lipinski definition) is 2. The number of carbonyl (C=O) groups is 2. The first-order valence-corrected chi connectivity index (χ1v) is 5.66. The molecule has 1 unspecified atom stereocenters. The molecule has 0 aromatic carbocycles. The second-order valence-corrected chi connectivity index (χ2v) is 3.83. The lowest BCUT2D eigenvalue weighted by Gasteiger charge is -2.16. The lowest BCUT2D eigenvalue weighted by atomic mass is 10.1. The monoisotopic (exact) mass is 257 g/mol. The van der Waals surface area contributed by atoms with Crippen molar-refractivity contribution in [1.82, 2.24) is 5.32 Å². The lowest BCUT2D eigenvalue weighted by Crippen LogP contribution is -2.42. The van der Waals surface area contributed by atoms with E-state index in [1.54, 1.807) is 6.92 Å². The van der Waals surface area contributed by atoms with E-state index in [0.717, 1.165) is 0 Å². The normalized spacial score (nSPS) is 13.1. The quantitative estimate of drug-likeness (QED) is 0.283. The van der Waals surface area contributed by atoms with Gasteiger partial charge >= 0.3 is 5.97 Å². The van der Waals surface area contributed by atoms with E-state index in [1.807, 2.05) is 0 Å². The van der Waals surface area contributed by atoms with Gasteiger partial charge in [-0.25, -0.2) is 4.79 Å². The minimum absolute atomic E-state index is 0.0280. The standard InChI is InChI=1S/C10H19N5O3/c1-7(14-15-12)6-9(16)13-8(4-3-5-11)10(17)18-2/h7-8H,3-6,11H2,1-2H3,(H,13,16)/t7?,8-/m0/s1. The van der Waals surface area contributed by atoms with Crippen molar-refractivity contribution in [3.05, 3.63) is 10.4 Å². The van der Waals surface area contributed by atoms with Crippen LogP contribution in [0.1, 0.15) is 26.2 Å². The molecule has 0 aliphatic carbocycles. The van der Waals surface area contributed by atoms with Crippen molar-refractivity contribution in [3.63, 3.8) is 0 Å². The fraction of sp³-hybridized carbons (Fsp3) is 0.800. The maximum absolute atomic E-state index is 11.6. The topological polar surface area (TPSA) is 130 Å². The van der Waals surface area contributed by atoms with Crippen LogP contribution >= 0.6 is 0 Å². The van der Waals surface area contributed by atoms with Crippen LogP contribution in [0, 0.1) is 0 Å². The van der Waals surface area contributed by atoms with Crippen LogP contribution in [0.2, 0.25) is 0 Å². The largest absolute Gasteiger partial charge is 0.467 e. The molecule has 0 saturated carbocycles. The number of azide groups is 1. The molecule has 2 atom stereocenters. The number of nitrogens with zero attached hydrogens (tertiary/aromatic N) is 3. The Labute approximate surface area is 105 Å². The molecule has 8 nitrogen and oxygen atoms in total. The summed E-state index contributed by atoms with van der Waals surface area (Å²) in [7, 11) is 1.26. The van der Waals surface area contributed by atoms with Crippen LogP contribution < -0.4 is 11.1 Å². The Morgan fingerprint density at radius 3 is 2.72 bits per heavy atom. The molecular weight excluding hydrogens is 238 g/mol. The van der Waals surface area contributed by atoms with Crippen LogP contribution in [-0.2, 0) is 14.3 Å². The van der Waals surface area contributed by atoms with Crippen molar-refractivity contribution >= 4 is 11.9 Å². The van der Waals surface area contributed by atoms with Crippen LogP contribution in [0.15, 0.2) is 5.11 Å². The summed E-state index contributed by atoms with van der Waals surface area (Å²) >= 11 is 0. The molecule has 0 rings (SSSR count). The summed E-state index contributed by atoms with van der Waals surface area (Å²) in [6.45, 7) is 2.05. The summed E-state index contributed by atoms with van der Waals surface area (Å²) in [5.74, 6) is -0.865. The van der Waals surface area contributed by atoms with Crippen LogP contribution in [0.5, 0.6) is 0 Å². The number of nitrogens with two attached hydrogens (primary N) is 1. The van der Waals surface area contributed by atoms with Gasteiger partial charge in [0.25, 0.3) is 0 Å². The third-order valence-electron chi connectivity index (χ3n) is 2.25. The van der Waals surface area contributed by atoms with Gasteiger partial charge in [0.05, 0.1) is 7.11 Å². The van der Waals surface area contributed by atoms with E-state index >= 15 is 0 Å². The number of rotatable bonds is 8. The summed E-state index contributed by atoms with van der Waals surface area (Å²) in [5.41, 5.74) is 13.6. The van der Waals surface area contributed by atoms with Gasteiger partial charge in [-0.05, 0) is 24.9 Å². The van der Waals surface area contributed by atoms with Crippen LogP contribution in [-0.4, -0.2) is 37.6 Å². The zero-order chi connectivity index (χ0) is 14.0. The number of esters is 1. The van der Waals surface area contributed by atoms with Crippen LogP contribution in [0.3, 0.4) is 0 Å². The van der Waals surface area contributed by atoms with Gasteiger partial charge in [0.1, 0.15) is 6.04 Å². The second kappa shape index (κ2) is 9.26. The summed E-state index contributed by atoms with van der Waals surface area (Å²) in [6.07, 6.45) is 1.05. The molecule has 0 radical (unpaired) electrons. The number of amides is 1. The van der Waals surface area contributed by atoms with Crippen molar-refractivity contribution in [1.29, 1.82) is 0 Å². The summed E-state index contributed by atoms with van der Waals surface area (Å²) in [4.78, 5) is 25.6. The molecule has 102 valence electrons. The highest BCUT2D eigenvalue weighted by molar-refractivity contribution is 5.84. The molecule has 3 N–H and O–H groups in total. The van der Waals surface area contributed by atoms with Crippen molar-refractivity contribution in [2.45, 2.75) is 38.3 Å². The van der Waals surface area contributed by atoms with Crippen LogP contribution in [0.4, 0.5) is 0 Å². The van der Waals surface area contributed by atoms with E-state index in [9.17, 15) is 9.59 Å². The van der Waals surface area contributed by atoms with E-state index in [4.69, 9.17) is 11.3 Å². The Hall–Kier alpha value is -1.79. The molecule has 0 saturated heterocycles. The molecule has 1 amide bonds. The third-order valence-corrected chi connectivity index (χ3v) is 2.25. The van der Waals surface area contributed by atoms with Crippen molar-refractivity contribution < 1.29 is 14.3 Å². The van der Waals surface area contributed by atoms with Gasteiger partial charge < -0.3 is 15.8 Å². The Morgan fingerprint density at radius 2 is 2.22 bits per heavy atom. The Bertz CT molecular complexity index is 327. The number of methoxy groups -OCH3 is 1. The Morgan fingerprint density at radius 1 is 1.56 bits per heavy atom. The lowest BCUT2D eigenvalue weighted by molar-refractivity contribution is -0.145. The maximum Gasteiger partial charge on any atom is 0.328 e. The first-order valence-electron chi connectivity index (χ1n) is 5.66. The van der Waals surface area contributed by atoms with Crippen molar-refractivity contribution in [3.8, 4) is 0 Å². The summed E-state index contributed by atoms with van der Waals surface area (Å²) < 4.78 is 4.59. The number of hydrogen-bond acceptors (Lipinski definition) is 5. The predicted octanol–water partition coefficient (Wildman–Crippen LogP) is 0.472. The van der Waals surface area contributed by atoms with Crippen LogP contribution in [0.25, 0.3) is 10.4 Å². The minimum Gasteiger partial charge on any atom is -0.467 e. The van der Waals surface area contributed by atoms with Crippen molar-refractivity contribution in [2.75, 3.05) is 13.7 Å². The molecule has 0 heterocycles. The first kappa shape index (κ1) is 16.2. The summed E-state index contributed by atoms with van der Waals surface area (Å²) in [5, 5.41) is 5.92. The highest BCUT2D eigenvalue weighted by Crippen LogP contribution is 2.02. The van der Waals surface area contributed by atoms with Gasteiger partial charge in [0.2, 0.25) is 5.91 Å². The third kappa shape index (κ3) is 6.72. The van der Waals surface area contributed by atoms with E-state index in [0.29, 0.717) is 19.4 Å². The van der Waals surface area contributed by atoms with Gasteiger partial charge in [-0.1, -0.05) is 12.0 Å². The van der Waals surface area contributed by atoms with E-state index in [-0.39, 0.29) is 12.3 Å². The first-order chi connectivity index (χ1) is 8.54.